The number of piperidine rings is 2. The Labute approximate surface area is 473 Å². The average Bonchev–Trinajstić information content (AvgIpc) is 3.38. The van der Waals surface area contributed by atoms with Gasteiger partial charge in [-0.3, -0.25) is 29.2 Å². The zero-order valence-corrected chi connectivity index (χ0v) is 46.1. The summed E-state index contributed by atoms with van der Waals surface area (Å²) in [5, 5.41) is 5.89. The Morgan fingerprint density at radius 3 is 1.96 bits per heavy atom. The van der Waals surface area contributed by atoms with Crippen molar-refractivity contribution in [2.75, 3.05) is 54.7 Å². The number of anilines is 3. The van der Waals surface area contributed by atoms with Crippen LogP contribution in [-0.2, 0) is 30.1 Å². The van der Waals surface area contributed by atoms with Gasteiger partial charge < -0.3 is 19.7 Å². The third kappa shape index (κ3) is 9.84. The molecule has 12 rings (SSSR count). The van der Waals surface area contributed by atoms with E-state index in [4.69, 9.17) is 15.0 Å². The van der Waals surface area contributed by atoms with Gasteiger partial charge in [-0.2, -0.15) is 12.7 Å². The van der Waals surface area contributed by atoms with Crippen LogP contribution in [0.5, 0.6) is 0 Å². The van der Waals surface area contributed by atoms with Crippen molar-refractivity contribution in [3.63, 3.8) is 0 Å². The maximum absolute atomic E-state index is 16.7. The van der Waals surface area contributed by atoms with Gasteiger partial charge in [0.05, 0.1) is 16.8 Å². The normalized spacial score (nSPS) is 17.6. The molecule has 82 heavy (non-hydrogen) atoms. The first-order valence-corrected chi connectivity index (χ1v) is 29.1. The van der Waals surface area contributed by atoms with Gasteiger partial charge in [0.25, 0.3) is 0 Å². The number of amides is 3. The Kier molecular flexibility index (Phi) is 14.2. The molecule has 3 aromatic heterocycles. The molecule has 1 atom stereocenters. The molecule has 16 nitrogen and oxygen atoms in total. The van der Waals surface area contributed by atoms with E-state index >= 15 is 13.6 Å². The summed E-state index contributed by atoms with van der Waals surface area (Å²) in [6.45, 7) is 4.51. The molecule has 0 radical (unpaired) electrons. The van der Waals surface area contributed by atoms with E-state index in [1.807, 2.05) is 113 Å². The maximum Gasteiger partial charge on any atom is 0.301 e. The molecular formula is C63H60F2N10O6S. The molecule has 3 N–H and O–H groups in total. The largest absolute Gasteiger partial charge is 0.374 e. The highest BCUT2D eigenvalue weighted by molar-refractivity contribution is 7.90. The number of carbonyl (C=O) groups is 4. The van der Waals surface area contributed by atoms with E-state index in [1.165, 1.54) is 12.6 Å². The van der Waals surface area contributed by atoms with E-state index in [-0.39, 0.29) is 46.5 Å². The van der Waals surface area contributed by atoms with Crippen molar-refractivity contribution in [1.82, 2.24) is 34.0 Å². The summed E-state index contributed by atoms with van der Waals surface area (Å²) in [4.78, 5) is 71.4. The van der Waals surface area contributed by atoms with Crippen LogP contribution in [0.1, 0.15) is 89.5 Å². The minimum atomic E-state index is -4.26. The van der Waals surface area contributed by atoms with Gasteiger partial charge in [0.15, 0.2) is 5.82 Å². The lowest BCUT2D eigenvalue weighted by Gasteiger charge is -2.59. The standard InChI is InChI=1S/C63H60F2N10O6S/c1-3-72(2)82(80,81)71-52-24-23-51(64)55(56(52)65)57(77)50-37-75(63(45-13-7-4-8-14-45,46-15-9-5-10-16-46)47-17-11-6-12-18-47)58-49(50)31-42(34-66-58)44-35-67-61(68-36-44)74-38-62(39-74)32-43(33-62)60(79)73-29-27-41(28-30-73)40-19-21-48(22-20-40)69-53-25-26-54(76)70-59(53)78/h4-24,31,34-37,41,43,53,69,71H,3,25-30,32-33,38-39H2,1-2H3,(H,70,76,78). The number of aromatic nitrogens is 4. The molecule has 1 spiro atoms. The molecule has 418 valence electrons. The molecule has 5 aromatic carbocycles. The van der Waals surface area contributed by atoms with Crippen molar-refractivity contribution in [2.24, 2.45) is 11.3 Å². The Morgan fingerprint density at radius 2 is 1.38 bits per heavy atom. The first-order valence-electron chi connectivity index (χ1n) is 27.7. The molecule has 1 unspecified atom stereocenters. The molecule has 4 fully saturated rings. The first kappa shape index (κ1) is 53.9. The zero-order chi connectivity index (χ0) is 56.9. The van der Waals surface area contributed by atoms with Crippen molar-refractivity contribution in [3.8, 4) is 11.1 Å². The van der Waals surface area contributed by atoms with Gasteiger partial charge in [-0.05, 0) is 90.6 Å². The first-order chi connectivity index (χ1) is 39.6. The molecule has 8 aromatic rings. The molecule has 1 saturated carbocycles. The summed E-state index contributed by atoms with van der Waals surface area (Å²) < 4.78 is 64.1. The lowest BCUT2D eigenvalue weighted by molar-refractivity contribution is -0.146. The zero-order valence-electron chi connectivity index (χ0n) is 45.3. The second kappa shape index (κ2) is 21.7. The van der Waals surface area contributed by atoms with Gasteiger partial charge in [0, 0.05) is 105 Å². The molecule has 1 aliphatic carbocycles. The van der Waals surface area contributed by atoms with Crippen molar-refractivity contribution < 1.29 is 36.4 Å². The van der Waals surface area contributed by atoms with Gasteiger partial charge in [-0.25, -0.2) is 23.7 Å². The fraction of sp³-hybridized carbons (Fsp3) is 0.286. The summed E-state index contributed by atoms with van der Waals surface area (Å²) in [5.41, 5.74) is 3.08. The van der Waals surface area contributed by atoms with Crippen LogP contribution in [0.25, 0.3) is 22.2 Å². The number of fused-ring (bicyclic) bond motifs is 1. The van der Waals surface area contributed by atoms with Gasteiger partial charge in [-0.15, -0.1) is 0 Å². The Bertz CT molecular complexity index is 3750. The smallest absolute Gasteiger partial charge is 0.301 e. The van der Waals surface area contributed by atoms with E-state index < -0.39 is 50.5 Å². The van der Waals surface area contributed by atoms with Crippen LogP contribution >= 0.6 is 0 Å². The number of hydrogen-bond donors (Lipinski definition) is 3. The average molecular weight is 1120 g/mol. The Balaban J connectivity index is 0.783. The molecule has 19 heteroatoms. The van der Waals surface area contributed by atoms with Crippen LogP contribution in [0.4, 0.5) is 26.1 Å². The summed E-state index contributed by atoms with van der Waals surface area (Å²) in [6.07, 6.45) is 10.7. The van der Waals surface area contributed by atoms with Gasteiger partial charge >= 0.3 is 10.2 Å². The number of nitrogens with zero attached hydrogens (tertiary/aromatic N) is 7. The van der Waals surface area contributed by atoms with Crippen LogP contribution in [0.3, 0.4) is 0 Å². The second-order valence-electron chi connectivity index (χ2n) is 22.1. The fourth-order valence-electron chi connectivity index (χ4n) is 12.6. The number of pyridine rings is 1. The predicted octanol–water partition coefficient (Wildman–Crippen LogP) is 9.29. The quantitative estimate of drug-likeness (QED) is 0.0475. The van der Waals surface area contributed by atoms with E-state index in [2.05, 4.69) is 32.4 Å². The number of rotatable bonds is 16. The highest BCUT2D eigenvalue weighted by Gasteiger charge is 2.56. The second-order valence-corrected chi connectivity index (χ2v) is 23.8. The SMILES string of the molecule is CCN(C)S(=O)(=O)Nc1ccc(F)c(C(=O)c2cn(C(c3ccccc3)(c3ccccc3)c3ccccc3)c3ncc(-c4cnc(N5CC6(CC(C(=O)N7CCC(c8ccc(NC9CCC(=O)NC9=O)cc8)CC7)C6)C5)nc4)cc23)c1F. The van der Waals surface area contributed by atoms with Gasteiger partial charge in [-0.1, -0.05) is 110 Å². The summed E-state index contributed by atoms with van der Waals surface area (Å²) in [7, 11) is -2.95. The molecule has 3 saturated heterocycles. The molecular weight excluding hydrogens is 1060 g/mol. The van der Waals surface area contributed by atoms with Crippen molar-refractivity contribution in [2.45, 2.75) is 62.9 Å². The molecule has 3 amide bonds. The molecule has 0 bridgehead atoms. The lowest BCUT2D eigenvalue weighted by Crippen LogP contribution is -2.65. The number of likely N-dealkylation sites (tertiary alicyclic amines) is 1. The summed E-state index contributed by atoms with van der Waals surface area (Å²) in [6, 6.07) is 40.4. The van der Waals surface area contributed by atoms with Crippen LogP contribution in [0.2, 0.25) is 0 Å². The van der Waals surface area contributed by atoms with Crippen LogP contribution < -0.4 is 20.3 Å². The van der Waals surface area contributed by atoms with Crippen LogP contribution in [0.15, 0.2) is 158 Å². The predicted molar refractivity (Wildman–Crippen MR) is 308 cm³/mol. The van der Waals surface area contributed by atoms with E-state index in [1.54, 1.807) is 37.8 Å². The number of imide groups is 1. The molecule has 3 aliphatic heterocycles. The van der Waals surface area contributed by atoms with Crippen LogP contribution in [0, 0.1) is 23.0 Å². The van der Waals surface area contributed by atoms with Gasteiger partial charge in [0.2, 0.25) is 29.5 Å². The van der Waals surface area contributed by atoms with E-state index in [0.717, 1.165) is 77.6 Å². The summed E-state index contributed by atoms with van der Waals surface area (Å²) in [5.74, 6) is -3.07. The van der Waals surface area contributed by atoms with E-state index in [0.29, 0.717) is 54.6 Å². The van der Waals surface area contributed by atoms with Crippen molar-refractivity contribution in [3.05, 3.63) is 203 Å². The third-order valence-electron chi connectivity index (χ3n) is 17.0. The number of halogens is 2. The molecule has 4 aliphatic rings. The van der Waals surface area contributed by atoms with Crippen LogP contribution in [-0.4, -0.2) is 106 Å². The number of benzene rings is 5. The highest BCUT2D eigenvalue weighted by atomic mass is 32.2. The number of nitrogens with one attached hydrogen (secondary N) is 3. The number of carbonyl (C=O) groups excluding carboxylic acids is 4. The molecule has 6 heterocycles. The maximum atomic E-state index is 16.7. The minimum absolute atomic E-state index is 0.0124. The monoisotopic (exact) mass is 1120 g/mol. The Hall–Kier alpha value is -8.68. The lowest BCUT2D eigenvalue weighted by atomic mass is 9.57. The van der Waals surface area contributed by atoms with Gasteiger partial charge in [0.1, 0.15) is 23.0 Å². The number of hydrogen-bond acceptors (Lipinski definition) is 11. The third-order valence-corrected chi connectivity index (χ3v) is 18.6. The van der Waals surface area contributed by atoms with E-state index in [9.17, 15) is 22.8 Å². The topological polar surface area (TPSA) is 192 Å². The van der Waals surface area contributed by atoms with Crippen molar-refractivity contribution >= 4 is 62.1 Å². The fourth-order valence-corrected chi connectivity index (χ4v) is 13.5. The summed E-state index contributed by atoms with van der Waals surface area (Å²) >= 11 is 0. The van der Waals surface area contributed by atoms with Crippen molar-refractivity contribution in [1.29, 1.82) is 0 Å². The Morgan fingerprint density at radius 1 is 0.780 bits per heavy atom. The minimum Gasteiger partial charge on any atom is -0.374 e. The highest BCUT2D eigenvalue weighted by Crippen LogP contribution is 2.53. The number of ketones is 1.